The fraction of sp³-hybridized carbons (Fsp3) is 0.133. The summed E-state index contributed by atoms with van der Waals surface area (Å²) >= 11 is 0. The van der Waals surface area contributed by atoms with Gasteiger partial charge in [0.05, 0.1) is 18.4 Å². The molecule has 0 radical (unpaired) electrons. The molecule has 0 heterocycles. The highest BCUT2D eigenvalue weighted by Crippen LogP contribution is 2.26. The number of benzene rings is 2. The second-order valence-corrected chi connectivity index (χ2v) is 4.50. The summed E-state index contributed by atoms with van der Waals surface area (Å²) in [5, 5.41) is 2.47. The van der Waals surface area contributed by atoms with Crippen molar-refractivity contribution in [3.05, 3.63) is 53.1 Å². The van der Waals surface area contributed by atoms with Gasteiger partial charge in [0.15, 0.2) is 0 Å². The van der Waals surface area contributed by atoms with E-state index in [0.717, 1.165) is 6.07 Å². The van der Waals surface area contributed by atoms with E-state index < -0.39 is 17.5 Å². The summed E-state index contributed by atoms with van der Waals surface area (Å²) < 4.78 is 32.0. The molecule has 2 aromatic carbocycles. The lowest BCUT2D eigenvalue weighted by Gasteiger charge is -2.11. The van der Waals surface area contributed by atoms with E-state index in [2.05, 4.69) is 5.32 Å². The number of hydrogen-bond acceptors (Lipinski definition) is 3. The topological polar surface area (TPSA) is 64.3 Å². The summed E-state index contributed by atoms with van der Waals surface area (Å²) in [6, 6.07) is 6.30. The third-order valence-electron chi connectivity index (χ3n) is 2.93. The van der Waals surface area contributed by atoms with E-state index in [1.165, 1.54) is 38.3 Å². The Hall–Kier alpha value is -2.63. The van der Waals surface area contributed by atoms with Gasteiger partial charge in [-0.1, -0.05) is 0 Å². The molecule has 0 atom stereocenters. The average Bonchev–Trinajstić information content (AvgIpc) is 2.44. The highest BCUT2D eigenvalue weighted by atomic mass is 19.1. The number of nitrogens with two attached hydrogens (primary N) is 1. The van der Waals surface area contributed by atoms with Crippen LogP contribution in [0.4, 0.5) is 20.2 Å². The van der Waals surface area contributed by atoms with Gasteiger partial charge in [-0.05, 0) is 36.8 Å². The lowest BCUT2D eigenvalue weighted by molar-refractivity contribution is 0.102. The minimum absolute atomic E-state index is 0.143. The highest BCUT2D eigenvalue weighted by molar-refractivity contribution is 6.05. The zero-order valence-corrected chi connectivity index (χ0v) is 11.5. The van der Waals surface area contributed by atoms with Crippen molar-refractivity contribution in [1.82, 2.24) is 0 Å². The van der Waals surface area contributed by atoms with Crippen molar-refractivity contribution in [3.8, 4) is 5.75 Å². The monoisotopic (exact) mass is 292 g/mol. The molecule has 0 fully saturated rings. The Labute approximate surface area is 120 Å². The molecule has 110 valence electrons. The summed E-state index contributed by atoms with van der Waals surface area (Å²) in [6.07, 6.45) is 0. The number of nitrogen functional groups attached to an aromatic ring is 1. The fourth-order valence-electron chi connectivity index (χ4n) is 1.92. The number of carbonyl (C=O) groups excluding carboxylic acids is 1. The molecule has 0 aromatic heterocycles. The quantitative estimate of drug-likeness (QED) is 0.854. The Morgan fingerprint density at radius 3 is 2.62 bits per heavy atom. The molecule has 0 aliphatic carbocycles. The molecule has 2 aromatic rings. The summed E-state index contributed by atoms with van der Waals surface area (Å²) in [6.45, 7) is 1.51. The van der Waals surface area contributed by atoms with E-state index in [0.29, 0.717) is 0 Å². The first kappa shape index (κ1) is 14.8. The van der Waals surface area contributed by atoms with Gasteiger partial charge >= 0.3 is 0 Å². The predicted octanol–water partition coefficient (Wildman–Crippen LogP) is 3.12. The highest BCUT2D eigenvalue weighted by Gasteiger charge is 2.16. The zero-order chi connectivity index (χ0) is 15.6. The molecule has 21 heavy (non-hydrogen) atoms. The summed E-state index contributed by atoms with van der Waals surface area (Å²) in [5.74, 6) is -1.70. The standard InChI is InChI=1S/C15H14F2N2O2/c1-8-5-10(18)7-11(14(8)17)15(20)19-12-4-3-9(16)6-13(12)21-2/h3-7H,18H2,1-2H3,(H,19,20). The van der Waals surface area contributed by atoms with Gasteiger partial charge in [0.2, 0.25) is 0 Å². The van der Waals surface area contributed by atoms with Gasteiger partial charge in [-0.15, -0.1) is 0 Å². The van der Waals surface area contributed by atoms with E-state index in [4.69, 9.17) is 10.5 Å². The molecule has 0 saturated carbocycles. The number of halogens is 2. The minimum atomic E-state index is -0.687. The number of aryl methyl sites for hydroxylation is 1. The van der Waals surface area contributed by atoms with Crippen LogP contribution in [0.2, 0.25) is 0 Å². The van der Waals surface area contributed by atoms with Gasteiger partial charge in [0, 0.05) is 11.8 Å². The van der Waals surface area contributed by atoms with Crippen molar-refractivity contribution in [2.24, 2.45) is 0 Å². The number of ether oxygens (including phenoxy) is 1. The van der Waals surface area contributed by atoms with Crippen LogP contribution in [0.25, 0.3) is 0 Å². The normalized spacial score (nSPS) is 10.3. The second-order valence-electron chi connectivity index (χ2n) is 4.50. The smallest absolute Gasteiger partial charge is 0.258 e. The van der Waals surface area contributed by atoms with Gasteiger partial charge in [-0.25, -0.2) is 8.78 Å². The van der Waals surface area contributed by atoms with E-state index >= 15 is 0 Å². The molecule has 3 N–H and O–H groups in total. The summed E-state index contributed by atoms with van der Waals surface area (Å²) in [5.41, 5.74) is 6.22. The lowest BCUT2D eigenvalue weighted by Crippen LogP contribution is -2.15. The lowest BCUT2D eigenvalue weighted by atomic mass is 10.1. The molecule has 0 spiro atoms. The first-order chi connectivity index (χ1) is 9.92. The average molecular weight is 292 g/mol. The van der Waals surface area contributed by atoms with Gasteiger partial charge in [0.25, 0.3) is 5.91 Å². The Morgan fingerprint density at radius 2 is 1.95 bits per heavy atom. The van der Waals surface area contributed by atoms with Crippen molar-refractivity contribution < 1.29 is 18.3 Å². The molecule has 4 nitrogen and oxygen atoms in total. The third kappa shape index (κ3) is 3.10. The third-order valence-corrected chi connectivity index (χ3v) is 2.93. The molecule has 6 heteroatoms. The summed E-state index contributed by atoms with van der Waals surface area (Å²) in [7, 11) is 1.34. The van der Waals surface area contributed by atoms with Crippen LogP contribution in [-0.4, -0.2) is 13.0 Å². The van der Waals surface area contributed by atoms with Crippen LogP contribution >= 0.6 is 0 Å². The Morgan fingerprint density at radius 1 is 1.24 bits per heavy atom. The number of rotatable bonds is 3. The van der Waals surface area contributed by atoms with E-state index in [-0.39, 0.29) is 28.3 Å². The maximum absolute atomic E-state index is 14.0. The van der Waals surface area contributed by atoms with Gasteiger partial charge in [-0.2, -0.15) is 0 Å². The number of anilines is 2. The first-order valence-corrected chi connectivity index (χ1v) is 6.13. The van der Waals surface area contributed by atoms with Gasteiger partial charge < -0.3 is 15.8 Å². The molecule has 1 amide bonds. The van der Waals surface area contributed by atoms with Crippen molar-refractivity contribution >= 4 is 17.3 Å². The van der Waals surface area contributed by atoms with Crippen LogP contribution in [0.3, 0.4) is 0 Å². The number of carbonyl (C=O) groups is 1. The largest absolute Gasteiger partial charge is 0.494 e. The van der Waals surface area contributed by atoms with Crippen molar-refractivity contribution in [3.63, 3.8) is 0 Å². The SMILES string of the molecule is COc1cc(F)ccc1NC(=O)c1cc(N)cc(C)c1F. The molecular formula is C15H14F2N2O2. The van der Waals surface area contributed by atoms with Gasteiger partial charge in [0.1, 0.15) is 17.4 Å². The Kier molecular flexibility index (Phi) is 4.07. The molecular weight excluding hydrogens is 278 g/mol. The van der Waals surface area contributed by atoms with Crippen molar-refractivity contribution in [2.75, 3.05) is 18.2 Å². The molecule has 0 saturated heterocycles. The van der Waals surface area contributed by atoms with E-state index in [9.17, 15) is 13.6 Å². The van der Waals surface area contributed by atoms with Crippen molar-refractivity contribution in [2.45, 2.75) is 6.92 Å². The first-order valence-electron chi connectivity index (χ1n) is 6.13. The van der Waals surface area contributed by atoms with Crippen LogP contribution in [0.5, 0.6) is 5.75 Å². The molecule has 0 aliphatic heterocycles. The second kappa shape index (κ2) is 5.78. The summed E-state index contributed by atoms with van der Waals surface area (Å²) in [4.78, 5) is 12.1. The predicted molar refractivity (Wildman–Crippen MR) is 76.5 cm³/mol. The molecule has 0 bridgehead atoms. The molecule has 0 aliphatic rings. The number of nitrogens with one attached hydrogen (secondary N) is 1. The minimum Gasteiger partial charge on any atom is -0.494 e. The fourth-order valence-corrected chi connectivity index (χ4v) is 1.92. The number of amides is 1. The number of hydrogen-bond donors (Lipinski definition) is 2. The Balaban J connectivity index is 2.35. The molecule has 2 rings (SSSR count). The van der Waals surface area contributed by atoms with E-state index in [1.54, 1.807) is 0 Å². The van der Waals surface area contributed by atoms with Crippen LogP contribution < -0.4 is 15.8 Å². The number of methoxy groups -OCH3 is 1. The van der Waals surface area contributed by atoms with Crippen LogP contribution in [0.1, 0.15) is 15.9 Å². The van der Waals surface area contributed by atoms with Crippen LogP contribution in [0.15, 0.2) is 30.3 Å². The van der Waals surface area contributed by atoms with Crippen LogP contribution in [-0.2, 0) is 0 Å². The maximum Gasteiger partial charge on any atom is 0.258 e. The maximum atomic E-state index is 14.0. The zero-order valence-electron chi connectivity index (χ0n) is 11.5. The van der Waals surface area contributed by atoms with Crippen molar-refractivity contribution in [1.29, 1.82) is 0 Å². The molecule has 0 unspecified atom stereocenters. The Bertz CT molecular complexity index is 702. The van der Waals surface area contributed by atoms with Crippen LogP contribution in [0, 0.1) is 18.6 Å². The van der Waals surface area contributed by atoms with E-state index in [1.807, 2.05) is 0 Å². The van der Waals surface area contributed by atoms with Gasteiger partial charge in [-0.3, -0.25) is 4.79 Å².